The zero-order valence-corrected chi connectivity index (χ0v) is 15.3. The van der Waals surface area contributed by atoms with E-state index < -0.39 is 8.32 Å². The van der Waals surface area contributed by atoms with Gasteiger partial charge in [0, 0.05) is 0 Å². The number of hydrogen-bond donors (Lipinski definition) is 1. The molecule has 116 valence electrons. The summed E-state index contributed by atoms with van der Waals surface area (Å²) < 4.78 is 6.07. The van der Waals surface area contributed by atoms with E-state index in [-0.39, 0.29) is 18.1 Å². The molecule has 0 aromatic rings. The molecule has 1 atom stereocenters. The van der Waals surface area contributed by atoms with Crippen LogP contribution in [0.4, 0.5) is 0 Å². The molecule has 0 saturated heterocycles. The van der Waals surface area contributed by atoms with Gasteiger partial charge >= 0.3 is 0 Å². The summed E-state index contributed by atoms with van der Waals surface area (Å²) in [5.41, 5.74) is 1.31. The minimum Gasteiger partial charge on any atom is -0.394 e. The Kier molecular flexibility index (Phi) is 7.24. The Morgan fingerprint density at radius 3 is 1.47 bits per heavy atom. The topological polar surface area (TPSA) is 38.7 Å². The minimum absolute atomic E-state index is 0.0116. The summed E-state index contributed by atoms with van der Waals surface area (Å²) in [6.07, 6.45) is -0.282. The van der Waals surface area contributed by atoms with E-state index >= 15 is 0 Å². The lowest BCUT2D eigenvalue weighted by Crippen LogP contribution is -2.49. The zero-order chi connectivity index (χ0) is 15.4. The number of aliphatic hydroxyl groups is 1. The molecule has 0 heterocycles. The van der Waals surface area contributed by atoms with E-state index in [1.807, 2.05) is 0 Å². The van der Waals surface area contributed by atoms with Gasteiger partial charge in [0.1, 0.15) is 6.10 Å². The van der Waals surface area contributed by atoms with Crippen molar-refractivity contribution in [3.63, 3.8) is 0 Å². The molecule has 4 heteroatoms. The third kappa shape index (κ3) is 4.55. The lowest BCUT2D eigenvalue weighted by molar-refractivity contribution is -0.288. The normalized spacial score (nSPS) is 15.6. The van der Waals surface area contributed by atoms with E-state index in [1.165, 1.54) is 0 Å². The maximum Gasteiger partial charge on any atom is 0.246 e. The summed E-state index contributed by atoms with van der Waals surface area (Å²) in [6, 6.07) is 0. The van der Waals surface area contributed by atoms with Crippen molar-refractivity contribution in [3.05, 3.63) is 0 Å². The van der Waals surface area contributed by atoms with Gasteiger partial charge in [0.05, 0.1) is 6.61 Å². The highest BCUT2D eigenvalue weighted by Crippen LogP contribution is 2.43. The molecule has 3 nitrogen and oxygen atoms in total. The van der Waals surface area contributed by atoms with Crippen LogP contribution in [0.2, 0.25) is 16.6 Å². The average Bonchev–Trinajstić information content (AvgIpc) is 2.20. The highest BCUT2D eigenvalue weighted by Gasteiger charge is 2.48. The molecule has 0 aromatic carbocycles. The summed E-state index contributed by atoms with van der Waals surface area (Å²) in [6.45, 7) is 19.5. The summed E-state index contributed by atoms with van der Waals surface area (Å²) in [5.74, 6) is 0. The van der Waals surface area contributed by atoms with Crippen molar-refractivity contribution in [3.8, 4) is 0 Å². The molecule has 1 N–H and O–H groups in total. The predicted molar refractivity (Wildman–Crippen MR) is 83.5 cm³/mol. The van der Waals surface area contributed by atoms with Gasteiger partial charge in [-0.3, -0.25) is 4.58 Å². The smallest absolute Gasteiger partial charge is 0.246 e. The van der Waals surface area contributed by atoms with E-state index in [2.05, 4.69) is 62.3 Å². The Labute approximate surface area is 120 Å². The van der Waals surface area contributed by atoms with E-state index in [1.54, 1.807) is 0 Å². The molecular formula is C15H34O3Si. The van der Waals surface area contributed by atoms with Gasteiger partial charge in [-0.15, -0.1) is 0 Å². The van der Waals surface area contributed by atoms with E-state index in [4.69, 9.17) is 9.46 Å². The first-order valence-corrected chi connectivity index (χ1v) is 9.59. The average molecular weight is 291 g/mol. The summed E-state index contributed by atoms with van der Waals surface area (Å²) in [4.78, 5) is 5.72. The fraction of sp³-hybridized carbons (Fsp3) is 1.00. The molecule has 0 aliphatic heterocycles. The first-order chi connectivity index (χ1) is 8.50. The largest absolute Gasteiger partial charge is 0.394 e. The van der Waals surface area contributed by atoms with Gasteiger partial charge in [-0.25, -0.2) is 4.89 Å². The van der Waals surface area contributed by atoms with Gasteiger partial charge in [0.2, 0.25) is 8.32 Å². The summed E-state index contributed by atoms with van der Waals surface area (Å²) in [7, 11) is -2.02. The third-order valence-corrected chi connectivity index (χ3v) is 9.95. The van der Waals surface area contributed by atoms with Crippen molar-refractivity contribution >= 4 is 8.32 Å². The highest BCUT2D eigenvalue weighted by atomic mass is 28.4. The molecular weight excluding hydrogens is 256 g/mol. The monoisotopic (exact) mass is 290 g/mol. The maximum atomic E-state index is 9.48. The van der Waals surface area contributed by atoms with Crippen molar-refractivity contribution in [2.75, 3.05) is 6.61 Å². The second-order valence-electron chi connectivity index (χ2n) is 7.53. The van der Waals surface area contributed by atoms with Gasteiger partial charge in [-0.2, -0.15) is 0 Å². The first-order valence-electron chi connectivity index (χ1n) is 7.45. The summed E-state index contributed by atoms with van der Waals surface area (Å²) in [5, 5.41) is 9.48. The molecule has 0 radical (unpaired) electrons. The second kappa shape index (κ2) is 7.20. The molecule has 19 heavy (non-hydrogen) atoms. The van der Waals surface area contributed by atoms with Gasteiger partial charge in [-0.05, 0) is 22.0 Å². The van der Waals surface area contributed by atoms with Crippen molar-refractivity contribution in [1.82, 2.24) is 0 Å². The molecule has 0 aromatic heterocycles. The second-order valence-corrected chi connectivity index (χ2v) is 12.9. The van der Waals surface area contributed by atoms with Crippen LogP contribution in [-0.2, 0) is 9.46 Å². The quantitative estimate of drug-likeness (QED) is 0.426. The van der Waals surface area contributed by atoms with Gasteiger partial charge in [-0.1, -0.05) is 62.3 Å². The van der Waals surface area contributed by atoms with E-state index in [9.17, 15) is 5.11 Å². The molecule has 0 rings (SSSR count). The number of rotatable bonds is 7. The van der Waals surface area contributed by atoms with Gasteiger partial charge in [0.25, 0.3) is 0 Å². The third-order valence-electron chi connectivity index (χ3n) is 4.15. The fourth-order valence-corrected chi connectivity index (χ4v) is 7.74. The Bertz CT molecular complexity index is 235. The number of hydrogen-bond acceptors (Lipinski definition) is 3. The van der Waals surface area contributed by atoms with Gasteiger partial charge in [0.15, 0.2) is 0 Å². The Balaban J connectivity index is 5.05. The van der Waals surface area contributed by atoms with Crippen molar-refractivity contribution in [2.45, 2.75) is 85.0 Å². The molecule has 0 amide bonds. The van der Waals surface area contributed by atoms with Crippen molar-refractivity contribution in [1.29, 1.82) is 0 Å². The summed E-state index contributed by atoms with van der Waals surface area (Å²) >= 11 is 0. The van der Waals surface area contributed by atoms with Crippen LogP contribution in [0.15, 0.2) is 0 Å². The minimum atomic E-state index is -2.02. The van der Waals surface area contributed by atoms with E-state index in [0.717, 1.165) is 0 Å². The SMILES string of the molecule is CC(C)[Si](OOC(CO)C(C)(C)C)(C(C)C)C(C)C. The molecule has 0 fully saturated rings. The van der Waals surface area contributed by atoms with Crippen LogP contribution in [0.3, 0.4) is 0 Å². The molecule has 0 spiro atoms. The van der Waals surface area contributed by atoms with Crippen LogP contribution < -0.4 is 0 Å². The van der Waals surface area contributed by atoms with Crippen LogP contribution in [0.25, 0.3) is 0 Å². The Morgan fingerprint density at radius 2 is 1.26 bits per heavy atom. The lowest BCUT2D eigenvalue weighted by Gasteiger charge is -2.42. The lowest BCUT2D eigenvalue weighted by atomic mass is 9.90. The first kappa shape index (κ1) is 19.1. The van der Waals surface area contributed by atoms with Crippen LogP contribution in [-0.4, -0.2) is 26.1 Å². The fourth-order valence-electron chi connectivity index (χ4n) is 2.88. The van der Waals surface area contributed by atoms with E-state index in [0.29, 0.717) is 16.6 Å². The zero-order valence-electron chi connectivity index (χ0n) is 14.3. The van der Waals surface area contributed by atoms with Crippen molar-refractivity contribution < 1.29 is 14.6 Å². The highest BCUT2D eigenvalue weighted by molar-refractivity contribution is 6.77. The Morgan fingerprint density at radius 1 is 0.895 bits per heavy atom. The number of aliphatic hydroxyl groups excluding tert-OH is 1. The maximum absolute atomic E-state index is 9.48. The standard InChI is InChI=1S/C15H34O3Si/c1-11(2)19(12(3)4,13(5)6)18-17-14(10-16)15(7,8)9/h11-14,16H,10H2,1-9H3. The van der Waals surface area contributed by atoms with Crippen LogP contribution in [0.5, 0.6) is 0 Å². The van der Waals surface area contributed by atoms with Gasteiger partial charge < -0.3 is 5.11 Å². The molecule has 0 aliphatic carbocycles. The van der Waals surface area contributed by atoms with Crippen LogP contribution >= 0.6 is 0 Å². The Hall–Kier alpha value is 0.0969. The molecule has 0 aliphatic rings. The van der Waals surface area contributed by atoms with Crippen LogP contribution in [0.1, 0.15) is 62.3 Å². The molecule has 0 bridgehead atoms. The predicted octanol–water partition coefficient (Wildman–Crippen LogP) is 4.52. The van der Waals surface area contributed by atoms with Crippen molar-refractivity contribution in [2.24, 2.45) is 5.41 Å². The van der Waals surface area contributed by atoms with Crippen LogP contribution in [0, 0.1) is 5.41 Å². The molecule has 1 unspecified atom stereocenters. The molecule has 0 saturated carbocycles.